The van der Waals surface area contributed by atoms with Gasteiger partial charge < -0.3 is 14.2 Å². The van der Waals surface area contributed by atoms with E-state index in [0.717, 1.165) is 10.9 Å². The molecule has 0 bridgehead atoms. The zero-order valence-corrected chi connectivity index (χ0v) is 29.1. The highest BCUT2D eigenvalue weighted by Crippen LogP contribution is 2.48. The second-order valence-electron chi connectivity index (χ2n) is 11.2. The van der Waals surface area contributed by atoms with Gasteiger partial charge in [-0.05, 0) is 85.3 Å². The van der Waals surface area contributed by atoms with Crippen LogP contribution in [0, 0.1) is 6.92 Å². The van der Waals surface area contributed by atoms with Gasteiger partial charge in [-0.1, -0.05) is 58.7 Å². The molecule has 1 aliphatic heterocycles. The van der Waals surface area contributed by atoms with Gasteiger partial charge in [0.05, 0.1) is 42.7 Å². The Labute approximate surface area is 295 Å². The summed E-state index contributed by atoms with van der Waals surface area (Å²) in [6.07, 6.45) is 1.72. The largest absolute Gasteiger partial charge is 0.493 e. The molecule has 0 saturated carbocycles. The summed E-state index contributed by atoms with van der Waals surface area (Å²) in [5.41, 5.74) is 3.56. The van der Waals surface area contributed by atoms with E-state index in [0.29, 0.717) is 60.3 Å². The van der Waals surface area contributed by atoms with Crippen LogP contribution in [-0.2, 0) is 4.79 Å². The van der Waals surface area contributed by atoms with E-state index in [-0.39, 0.29) is 11.0 Å². The van der Waals surface area contributed by atoms with Crippen LogP contribution in [0.5, 0.6) is 17.2 Å². The third-order valence-corrected chi connectivity index (χ3v) is 9.93. The highest BCUT2D eigenvalue weighted by atomic mass is 35.5. The first kappa shape index (κ1) is 32.5. The minimum Gasteiger partial charge on any atom is -0.493 e. The topological polar surface area (TPSA) is 95.8 Å². The molecule has 1 fully saturated rings. The molecule has 3 heterocycles. The zero-order chi connectivity index (χ0) is 34.4. The molecule has 0 spiro atoms. The standard InChI is InChI=1S/C37H28Cl2N4O5S/c1-20-9-14-27-23(15-20)19-26(33(39)40-27)37-43(36(45)31(49-37)18-21-16-29(46-2)32(48-4)30(17-21)47-3)42-34(22-10-12-24(38)13-11-22)41-28-8-6-5-7-25(28)35(42)44/h5-19,37H,1-4H3. The van der Waals surface area contributed by atoms with Crippen molar-refractivity contribution in [2.45, 2.75) is 12.3 Å². The number of thioether (sulfide) groups is 1. The maximum atomic E-state index is 14.8. The Balaban J connectivity index is 1.49. The number of hydrogen-bond donors (Lipinski definition) is 0. The number of rotatable bonds is 7. The lowest BCUT2D eigenvalue weighted by Gasteiger charge is -2.28. The highest BCUT2D eigenvalue weighted by Gasteiger charge is 2.42. The molecule has 246 valence electrons. The monoisotopic (exact) mass is 710 g/mol. The molecule has 0 N–H and O–H groups in total. The fourth-order valence-electron chi connectivity index (χ4n) is 5.83. The average molecular weight is 712 g/mol. The van der Waals surface area contributed by atoms with Crippen molar-refractivity contribution in [2.75, 3.05) is 26.3 Å². The molecule has 1 aliphatic rings. The molecule has 9 nitrogen and oxygen atoms in total. The number of hydrogen-bond acceptors (Lipinski definition) is 8. The van der Waals surface area contributed by atoms with Crippen molar-refractivity contribution in [1.29, 1.82) is 0 Å². The molecule has 6 aromatic rings. The number of aromatic nitrogens is 3. The van der Waals surface area contributed by atoms with Crippen LogP contribution in [0.3, 0.4) is 0 Å². The first-order valence-corrected chi connectivity index (χ1v) is 16.7. The van der Waals surface area contributed by atoms with Crippen molar-refractivity contribution in [3.8, 4) is 28.6 Å². The second kappa shape index (κ2) is 13.1. The van der Waals surface area contributed by atoms with Crippen molar-refractivity contribution >= 4 is 68.8 Å². The molecular formula is C37H28Cl2N4O5S. The molecule has 1 amide bonds. The summed E-state index contributed by atoms with van der Waals surface area (Å²) in [4.78, 5) is 39.2. The molecule has 49 heavy (non-hydrogen) atoms. The number of amides is 1. The van der Waals surface area contributed by atoms with E-state index in [1.807, 2.05) is 37.3 Å². The van der Waals surface area contributed by atoms with Crippen LogP contribution < -0.4 is 24.8 Å². The van der Waals surface area contributed by atoms with Gasteiger partial charge in [0.25, 0.3) is 11.5 Å². The van der Waals surface area contributed by atoms with Crippen molar-refractivity contribution in [3.63, 3.8) is 0 Å². The minimum atomic E-state index is -0.808. The molecular weight excluding hydrogens is 683 g/mol. The van der Waals surface area contributed by atoms with Gasteiger partial charge in [-0.15, -0.1) is 0 Å². The summed E-state index contributed by atoms with van der Waals surface area (Å²) in [5, 5.41) is 2.51. The summed E-state index contributed by atoms with van der Waals surface area (Å²) in [6, 6.07) is 25.2. The fraction of sp³-hybridized carbons (Fsp3) is 0.135. The summed E-state index contributed by atoms with van der Waals surface area (Å²) < 4.78 is 18.0. The van der Waals surface area contributed by atoms with Gasteiger partial charge in [0, 0.05) is 21.5 Å². The van der Waals surface area contributed by atoms with E-state index in [4.69, 9.17) is 42.4 Å². The number of benzene rings is 4. The number of carbonyl (C=O) groups is 1. The van der Waals surface area contributed by atoms with E-state index in [1.54, 1.807) is 60.7 Å². The molecule has 7 rings (SSSR count). The molecule has 12 heteroatoms. The summed E-state index contributed by atoms with van der Waals surface area (Å²) >= 11 is 14.4. The van der Waals surface area contributed by atoms with Crippen molar-refractivity contribution in [2.24, 2.45) is 0 Å². The highest BCUT2D eigenvalue weighted by molar-refractivity contribution is 8.05. The number of nitrogens with zero attached hydrogens (tertiary/aromatic N) is 4. The quantitative estimate of drug-likeness (QED) is 0.121. The fourth-order valence-corrected chi connectivity index (χ4v) is 7.51. The Morgan fingerprint density at radius 2 is 1.53 bits per heavy atom. The first-order chi connectivity index (χ1) is 23.7. The van der Waals surface area contributed by atoms with Crippen LogP contribution >= 0.6 is 35.0 Å². The first-order valence-electron chi connectivity index (χ1n) is 15.1. The van der Waals surface area contributed by atoms with Crippen LogP contribution in [0.15, 0.2) is 94.6 Å². The predicted molar refractivity (Wildman–Crippen MR) is 196 cm³/mol. The Morgan fingerprint density at radius 3 is 2.22 bits per heavy atom. The summed E-state index contributed by atoms with van der Waals surface area (Å²) in [5.74, 6) is 1.08. The minimum absolute atomic E-state index is 0.204. The van der Waals surface area contributed by atoms with Gasteiger partial charge in [0.15, 0.2) is 17.3 Å². The number of methoxy groups -OCH3 is 3. The van der Waals surface area contributed by atoms with Crippen molar-refractivity contribution in [3.05, 3.63) is 127 Å². The Kier molecular flexibility index (Phi) is 8.70. The molecule has 1 unspecified atom stereocenters. The maximum absolute atomic E-state index is 14.8. The number of pyridine rings is 1. The number of para-hydroxylation sites is 1. The van der Waals surface area contributed by atoms with Gasteiger partial charge in [-0.2, -0.15) is 4.68 Å². The summed E-state index contributed by atoms with van der Waals surface area (Å²) in [6.45, 7) is 1.99. The third-order valence-electron chi connectivity index (χ3n) is 8.15. The van der Waals surface area contributed by atoms with Crippen LogP contribution in [0.1, 0.15) is 22.1 Å². The lowest BCUT2D eigenvalue weighted by molar-refractivity contribution is -0.115. The van der Waals surface area contributed by atoms with E-state index in [1.165, 1.54) is 42.8 Å². The van der Waals surface area contributed by atoms with Crippen molar-refractivity contribution < 1.29 is 19.0 Å². The smallest absolute Gasteiger partial charge is 0.280 e. The lowest BCUT2D eigenvalue weighted by atomic mass is 10.1. The summed E-state index contributed by atoms with van der Waals surface area (Å²) in [7, 11) is 4.57. The van der Waals surface area contributed by atoms with Gasteiger partial charge in [-0.25, -0.2) is 15.0 Å². The Bertz CT molecular complexity index is 2350. The SMILES string of the molecule is COc1cc(C=C2SC(c3cc4cc(C)ccc4nc3Cl)N(n3c(-c4ccc(Cl)cc4)nc4ccccc4c3=O)C2=O)cc(OC)c1OC. The number of aryl methyl sites for hydroxylation is 1. The average Bonchev–Trinajstić information content (AvgIpc) is 3.42. The molecule has 2 aromatic heterocycles. The van der Waals surface area contributed by atoms with Gasteiger partial charge in [-0.3, -0.25) is 9.59 Å². The van der Waals surface area contributed by atoms with Crippen molar-refractivity contribution in [1.82, 2.24) is 14.6 Å². The second-order valence-corrected chi connectivity index (χ2v) is 13.1. The van der Waals surface area contributed by atoms with E-state index < -0.39 is 16.8 Å². The predicted octanol–water partition coefficient (Wildman–Crippen LogP) is 8.20. The molecule has 4 aromatic carbocycles. The van der Waals surface area contributed by atoms with Gasteiger partial charge in [0.1, 0.15) is 10.5 Å². The number of carbonyl (C=O) groups excluding carboxylic acids is 1. The normalized spacial score (nSPS) is 15.4. The Hall–Kier alpha value is -5.03. The molecule has 0 radical (unpaired) electrons. The van der Waals surface area contributed by atoms with Crippen LogP contribution in [-0.4, -0.2) is 41.9 Å². The van der Waals surface area contributed by atoms with Gasteiger partial charge in [0.2, 0.25) is 5.75 Å². The lowest BCUT2D eigenvalue weighted by Crippen LogP contribution is -2.46. The zero-order valence-electron chi connectivity index (χ0n) is 26.7. The third kappa shape index (κ3) is 5.86. The Morgan fingerprint density at radius 1 is 0.816 bits per heavy atom. The van der Waals surface area contributed by atoms with E-state index >= 15 is 0 Å². The van der Waals surface area contributed by atoms with Crippen LogP contribution in [0.4, 0.5) is 0 Å². The molecule has 1 atom stereocenters. The van der Waals surface area contributed by atoms with Gasteiger partial charge >= 0.3 is 0 Å². The molecule has 0 aliphatic carbocycles. The number of fused-ring (bicyclic) bond motifs is 2. The van der Waals surface area contributed by atoms with E-state index in [9.17, 15) is 9.59 Å². The van der Waals surface area contributed by atoms with Crippen LogP contribution in [0.2, 0.25) is 10.2 Å². The molecule has 1 saturated heterocycles. The van der Waals surface area contributed by atoms with Crippen LogP contribution in [0.25, 0.3) is 39.3 Å². The number of ether oxygens (including phenoxy) is 3. The number of halogens is 2. The van der Waals surface area contributed by atoms with E-state index in [2.05, 4.69) is 4.98 Å². The maximum Gasteiger partial charge on any atom is 0.280 e.